The van der Waals surface area contributed by atoms with Gasteiger partial charge in [0.15, 0.2) is 5.76 Å². The highest BCUT2D eigenvalue weighted by Crippen LogP contribution is 2.33. The lowest BCUT2D eigenvalue weighted by atomic mass is 9.92. The van der Waals surface area contributed by atoms with Crippen molar-refractivity contribution in [2.75, 3.05) is 26.8 Å². The number of aliphatic hydroxyl groups excluding tert-OH is 1. The van der Waals surface area contributed by atoms with Gasteiger partial charge in [0.25, 0.3) is 5.91 Å². The van der Waals surface area contributed by atoms with Crippen LogP contribution in [0.1, 0.15) is 47.7 Å². The van der Waals surface area contributed by atoms with Gasteiger partial charge in [0.05, 0.1) is 6.20 Å². The minimum absolute atomic E-state index is 0.00201. The van der Waals surface area contributed by atoms with Gasteiger partial charge in [0, 0.05) is 50.9 Å². The normalized spacial score (nSPS) is 20.6. The molecule has 2 atom stereocenters. The molecule has 0 saturated carbocycles. The number of hydrogen-bond acceptors (Lipinski definition) is 5. The van der Waals surface area contributed by atoms with Crippen LogP contribution in [-0.2, 0) is 11.3 Å². The minimum Gasteiger partial charge on any atom is -0.453 e. The standard InChI is InChI=1S/C18H25N3O4/c1-12(2)21-8-13(6-19-21)16-9-20(7-14(16)10-22)18(23)17-5-4-15(25-17)11-24-3/h4-6,8,12,14,16,22H,7,9-11H2,1-3H3/t14-,16-/m0/s1. The predicted octanol–water partition coefficient (Wildman–Crippen LogP) is 2.05. The molecule has 3 rings (SSSR count). The Balaban J connectivity index is 1.74. The summed E-state index contributed by atoms with van der Waals surface area (Å²) >= 11 is 0. The molecule has 0 radical (unpaired) electrons. The van der Waals surface area contributed by atoms with E-state index in [2.05, 4.69) is 18.9 Å². The van der Waals surface area contributed by atoms with Crippen molar-refractivity contribution in [3.63, 3.8) is 0 Å². The van der Waals surface area contributed by atoms with E-state index < -0.39 is 0 Å². The van der Waals surface area contributed by atoms with Crippen LogP contribution in [0.3, 0.4) is 0 Å². The zero-order valence-corrected chi connectivity index (χ0v) is 14.9. The first-order valence-electron chi connectivity index (χ1n) is 8.55. The van der Waals surface area contributed by atoms with Crippen molar-refractivity contribution >= 4 is 5.91 Å². The molecule has 0 aliphatic carbocycles. The lowest BCUT2D eigenvalue weighted by Crippen LogP contribution is -2.28. The van der Waals surface area contributed by atoms with Crippen LogP contribution >= 0.6 is 0 Å². The quantitative estimate of drug-likeness (QED) is 0.865. The van der Waals surface area contributed by atoms with E-state index in [1.54, 1.807) is 24.1 Å². The van der Waals surface area contributed by atoms with Crippen molar-refractivity contribution in [3.05, 3.63) is 41.6 Å². The van der Waals surface area contributed by atoms with Crippen molar-refractivity contribution < 1.29 is 19.1 Å². The number of hydrogen-bond donors (Lipinski definition) is 1. The van der Waals surface area contributed by atoms with Gasteiger partial charge >= 0.3 is 0 Å². The number of carbonyl (C=O) groups excluding carboxylic acids is 1. The summed E-state index contributed by atoms with van der Waals surface area (Å²) in [5, 5.41) is 14.1. The Morgan fingerprint density at radius 1 is 1.44 bits per heavy atom. The minimum atomic E-state index is -0.153. The van der Waals surface area contributed by atoms with Crippen LogP contribution < -0.4 is 0 Å². The van der Waals surface area contributed by atoms with Crippen molar-refractivity contribution in [1.82, 2.24) is 14.7 Å². The van der Waals surface area contributed by atoms with Crippen molar-refractivity contribution in [1.29, 1.82) is 0 Å². The van der Waals surface area contributed by atoms with Crippen LogP contribution in [0.5, 0.6) is 0 Å². The second-order valence-corrected chi connectivity index (χ2v) is 6.81. The molecule has 2 aromatic heterocycles. The monoisotopic (exact) mass is 347 g/mol. The summed E-state index contributed by atoms with van der Waals surface area (Å²) in [5.41, 5.74) is 1.06. The molecule has 1 N–H and O–H groups in total. The molecule has 136 valence electrons. The number of aromatic nitrogens is 2. The Morgan fingerprint density at radius 2 is 2.24 bits per heavy atom. The van der Waals surface area contributed by atoms with Gasteiger partial charge in [-0.05, 0) is 31.5 Å². The molecular formula is C18H25N3O4. The van der Waals surface area contributed by atoms with E-state index in [-0.39, 0.29) is 30.4 Å². The van der Waals surface area contributed by atoms with Crippen LogP contribution in [0.15, 0.2) is 28.9 Å². The fourth-order valence-corrected chi connectivity index (χ4v) is 3.29. The van der Waals surface area contributed by atoms with Crippen LogP contribution in [0.2, 0.25) is 0 Å². The first-order valence-corrected chi connectivity index (χ1v) is 8.55. The summed E-state index contributed by atoms with van der Waals surface area (Å²) in [6.07, 6.45) is 3.85. The van der Waals surface area contributed by atoms with Gasteiger partial charge in [-0.25, -0.2) is 0 Å². The second-order valence-electron chi connectivity index (χ2n) is 6.81. The maximum absolute atomic E-state index is 12.7. The number of carbonyl (C=O) groups is 1. The molecular weight excluding hydrogens is 322 g/mol. The molecule has 1 saturated heterocycles. The van der Waals surface area contributed by atoms with Crippen LogP contribution in [0.4, 0.5) is 0 Å². The maximum Gasteiger partial charge on any atom is 0.289 e. The van der Waals surface area contributed by atoms with E-state index in [4.69, 9.17) is 9.15 Å². The molecule has 7 nitrogen and oxygen atoms in total. The highest BCUT2D eigenvalue weighted by atomic mass is 16.5. The third-order valence-electron chi connectivity index (χ3n) is 4.70. The number of furan rings is 1. The molecule has 1 aliphatic rings. The van der Waals surface area contributed by atoms with E-state index >= 15 is 0 Å². The highest BCUT2D eigenvalue weighted by molar-refractivity contribution is 5.91. The van der Waals surface area contributed by atoms with Crippen LogP contribution in [0, 0.1) is 5.92 Å². The summed E-state index contributed by atoms with van der Waals surface area (Å²) in [6.45, 7) is 5.57. The average Bonchev–Trinajstić information content (AvgIpc) is 3.32. The van der Waals surface area contributed by atoms with Gasteiger partial charge in [-0.15, -0.1) is 0 Å². The molecule has 1 amide bonds. The molecule has 0 bridgehead atoms. The van der Waals surface area contributed by atoms with Crippen molar-refractivity contribution in [3.8, 4) is 0 Å². The van der Waals surface area contributed by atoms with E-state index in [0.717, 1.165) is 5.56 Å². The predicted molar refractivity (Wildman–Crippen MR) is 91.3 cm³/mol. The Morgan fingerprint density at radius 3 is 2.88 bits per heavy atom. The number of rotatable bonds is 6. The molecule has 25 heavy (non-hydrogen) atoms. The number of amides is 1. The van der Waals surface area contributed by atoms with Crippen LogP contribution in [0.25, 0.3) is 0 Å². The molecule has 0 aromatic carbocycles. The fraction of sp³-hybridized carbons (Fsp3) is 0.556. The van der Waals surface area contributed by atoms with Gasteiger partial charge in [0.1, 0.15) is 12.4 Å². The Hall–Kier alpha value is -2.12. The van der Waals surface area contributed by atoms with E-state index in [0.29, 0.717) is 31.2 Å². The van der Waals surface area contributed by atoms with Crippen molar-refractivity contribution in [2.45, 2.75) is 32.4 Å². The van der Waals surface area contributed by atoms with E-state index in [9.17, 15) is 9.90 Å². The molecule has 3 heterocycles. The molecule has 0 spiro atoms. The fourth-order valence-electron chi connectivity index (χ4n) is 3.29. The largest absolute Gasteiger partial charge is 0.453 e. The maximum atomic E-state index is 12.7. The van der Waals surface area contributed by atoms with Gasteiger partial charge in [-0.3, -0.25) is 9.48 Å². The Labute approximate surface area is 147 Å². The summed E-state index contributed by atoms with van der Waals surface area (Å²) in [5.74, 6) is 0.859. The average molecular weight is 347 g/mol. The summed E-state index contributed by atoms with van der Waals surface area (Å²) in [4.78, 5) is 14.4. The number of methoxy groups -OCH3 is 1. The lowest BCUT2D eigenvalue weighted by Gasteiger charge is -2.14. The van der Waals surface area contributed by atoms with E-state index in [1.165, 1.54) is 0 Å². The lowest BCUT2D eigenvalue weighted by molar-refractivity contribution is 0.0742. The van der Waals surface area contributed by atoms with E-state index in [1.807, 2.05) is 17.1 Å². The summed E-state index contributed by atoms with van der Waals surface area (Å²) < 4.78 is 12.5. The van der Waals surface area contributed by atoms with Gasteiger partial charge in [0.2, 0.25) is 0 Å². The number of likely N-dealkylation sites (tertiary alicyclic amines) is 1. The Bertz CT molecular complexity index is 721. The van der Waals surface area contributed by atoms with Crippen LogP contribution in [-0.4, -0.2) is 52.5 Å². The first-order chi connectivity index (χ1) is 12.0. The van der Waals surface area contributed by atoms with Gasteiger partial charge < -0.3 is 19.2 Å². The summed E-state index contributed by atoms with van der Waals surface area (Å²) in [6, 6.07) is 3.71. The highest BCUT2D eigenvalue weighted by Gasteiger charge is 2.37. The zero-order chi connectivity index (χ0) is 18.0. The number of nitrogens with zero attached hydrogens (tertiary/aromatic N) is 3. The molecule has 2 aromatic rings. The first kappa shape index (κ1) is 17.7. The molecule has 1 aliphatic heterocycles. The molecule has 0 unspecified atom stereocenters. The SMILES string of the molecule is COCc1ccc(C(=O)N2C[C@@H](CO)[C@H](c3cnn(C(C)C)c3)C2)o1. The third kappa shape index (κ3) is 3.62. The summed E-state index contributed by atoms with van der Waals surface area (Å²) in [7, 11) is 1.58. The third-order valence-corrected chi connectivity index (χ3v) is 4.70. The topological polar surface area (TPSA) is 80.7 Å². The Kier molecular flexibility index (Phi) is 5.24. The van der Waals surface area contributed by atoms with Gasteiger partial charge in [-0.1, -0.05) is 0 Å². The molecule has 7 heteroatoms. The zero-order valence-electron chi connectivity index (χ0n) is 14.9. The molecule has 1 fully saturated rings. The smallest absolute Gasteiger partial charge is 0.289 e. The number of aliphatic hydroxyl groups is 1. The van der Waals surface area contributed by atoms with Crippen molar-refractivity contribution in [2.24, 2.45) is 5.92 Å². The second kappa shape index (κ2) is 7.41. The van der Waals surface area contributed by atoms with Gasteiger partial charge in [-0.2, -0.15) is 5.10 Å². The number of ether oxygens (including phenoxy) is 1.